The summed E-state index contributed by atoms with van der Waals surface area (Å²) >= 11 is 12.3. The number of esters is 1. The summed E-state index contributed by atoms with van der Waals surface area (Å²) < 4.78 is 11.6. The highest BCUT2D eigenvalue weighted by molar-refractivity contribution is 6.32. The number of amides is 2. The van der Waals surface area contributed by atoms with Crippen LogP contribution >= 0.6 is 23.2 Å². The van der Waals surface area contributed by atoms with Gasteiger partial charge < -0.3 is 9.15 Å². The third-order valence-corrected chi connectivity index (χ3v) is 7.25. The second kappa shape index (κ2) is 11.0. The molecule has 4 aromatic rings. The van der Waals surface area contributed by atoms with Gasteiger partial charge in [-0.2, -0.15) is 0 Å². The number of nitrogens with zero attached hydrogens (tertiary/aromatic N) is 1. The van der Waals surface area contributed by atoms with Crippen molar-refractivity contribution >= 4 is 52.0 Å². The maximum atomic E-state index is 13.4. The van der Waals surface area contributed by atoms with E-state index in [-0.39, 0.29) is 41.7 Å². The Labute approximate surface area is 233 Å². The standard InChI is InChI=1S/C30H23Cl2NO6/c1-17-15-24-22(16-23(17)32)26(35)28(27(38-24)18-10-12-19(31)13-11-18)39-25(34)9-3-2-6-14-33-29(36)20-7-4-5-8-21(20)30(33)37/h4-5,7-8,10-13,15-16H,2-3,6,9,14H2,1H3. The van der Waals surface area contributed by atoms with Crippen molar-refractivity contribution in [3.63, 3.8) is 0 Å². The molecule has 1 aliphatic rings. The van der Waals surface area contributed by atoms with Gasteiger partial charge in [0.1, 0.15) is 5.58 Å². The van der Waals surface area contributed by atoms with Crippen molar-refractivity contribution in [2.45, 2.75) is 32.6 Å². The first-order valence-corrected chi connectivity index (χ1v) is 13.2. The molecule has 0 saturated heterocycles. The van der Waals surface area contributed by atoms with Crippen LogP contribution < -0.4 is 10.2 Å². The van der Waals surface area contributed by atoms with Gasteiger partial charge in [0.15, 0.2) is 5.76 Å². The number of carbonyl (C=O) groups excluding carboxylic acids is 3. The van der Waals surface area contributed by atoms with Crippen molar-refractivity contribution in [2.24, 2.45) is 0 Å². The minimum atomic E-state index is -0.601. The third-order valence-electron chi connectivity index (χ3n) is 6.59. The zero-order valence-electron chi connectivity index (χ0n) is 21.0. The first kappa shape index (κ1) is 26.7. The quantitative estimate of drug-likeness (QED) is 0.132. The van der Waals surface area contributed by atoms with Gasteiger partial charge in [0.05, 0.1) is 16.5 Å². The van der Waals surface area contributed by atoms with Gasteiger partial charge in [-0.25, -0.2) is 0 Å². The molecule has 7 nitrogen and oxygen atoms in total. The van der Waals surface area contributed by atoms with Gasteiger partial charge in [0, 0.05) is 28.6 Å². The molecule has 1 aromatic heterocycles. The lowest BCUT2D eigenvalue weighted by molar-refractivity contribution is -0.134. The van der Waals surface area contributed by atoms with Crippen molar-refractivity contribution < 1.29 is 23.5 Å². The van der Waals surface area contributed by atoms with Crippen molar-refractivity contribution in [1.82, 2.24) is 4.90 Å². The van der Waals surface area contributed by atoms with E-state index in [1.54, 1.807) is 61.5 Å². The van der Waals surface area contributed by atoms with Crippen LogP contribution in [-0.4, -0.2) is 29.2 Å². The van der Waals surface area contributed by atoms with Crippen LogP contribution in [0.3, 0.4) is 0 Å². The number of rotatable bonds is 8. The Balaban J connectivity index is 1.27. The molecule has 0 aliphatic carbocycles. The first-order chi connectivity index (χ1) is 18.7. The summed E-state index contributed by atoms with van der Waals surface area (Å²) in [5.41, 5.74) is 1.89. The topological polar surface area (TPSA) is 93.9 Å². The fourth-order valence-corrected chi connectivity index (χ4v) is 4.80. The molecular weight excluding hydrogens is 541 g/mol. The number of imide groups is 1. The molecule has 0 fully saturated rings. The van der Waals surface area contributed by atoms with Gasteiger partial charge in [-0.3, -0.25) is 24.1 Å². The van der Waals surface area contributed by atoms with Gasteiger partial charge in [-0.1, -0.05) is 41.8 Å². The molecule has 0 bridgehead atoms. The largest absolute Gasteiger partial charge is 0.452 e. The number of benzene rings is 3. The van der Waals surface area contributed by atoms with Crippen LogP contribution in [0, 0.1) is 6.92 Å². The number of ether oxygens (including phenoxy) is 1. The second-order valence-corrected chi connectivity index (χ2v) is 10.1. The van der Waals surface area contributed by atoms with Crippen molar-refractivity contribution in [3.8, 4) is 17.1 Å². The average Bonchev–Trinajstić information content (AvgIpc) is 3.16. The Bertz CT molecular complexity index is 1640. The minimum Gasteiger partial charge on any atom is -0.452 e. The zero-order valence-corrected chi connectivity index (χ0v) is 22.5. The minimum absolute atomic E-state index is 0.0360. The lowest BCUT2D eigenvalue weighted by atomic mass is 10.1. The highest BCUT2D eigenvalue weighted by atomic mass is 35.5. The molecular formula is C30H23Cl2NO6. The van der Waals surface area contributed by atoms with E-state index in [2.05, 4.69) is 0 Å². The van der Waals surface area contributed by atoms with Crippen LogP contribution in [0.5, 0.6) is 5.75 Å². The maximum absolute atomic E-state index is 13.4. The van der Waals surface area contributed by atoms with Crippen LogP contribution in [0.1, 0.15) is 52.0 Å². The van der Waals surface area contributed by atoms with E-state index >= 15 is 0 Å². The molecule has 1 aliphatic heterocycles. The van der Waals surface area contributed by atoms with Crippen LogP contribution in [0.15, 0.2) is 69.9 Å². The van der Waals surface area contributed by atoms with Crippen molar-refractivity contribution in [2.75, 3.05) is 6.54 Å². The van der Waals surface area contributed by atoms with Gasteiger partial charge in [0.2, 0.25) is 11.2 Å². The third kappa shape index (κ3) is 5.33. The second-order valence-electron chi connectivity index (χ2n) is 9.29. The summed E-state index contributed by atoms with van der Waals surface area (Å²) in [6.45, 7) is 2.06. The summed E-state index contributed by atoms with van der Waals surface area (Å²) in [6, 6.07) is 16.5. The summed E-state index contributed by atoms with van der Waals surface area (Å²) in [5.74, 6) is -1.31. The highest BCUT2D eigenvalue weighted by Gasteiger charge is 2.34. The van der Waals surface area contributed by atoms with Gasteiger partial charge in [-0.15, -0.1) is 0 Å². The molecule has 0 unspecified atom stereocenters. The van der Waals surface area contributed by atoms with E-state index in [0.29, 0.717) is 51.6 Å². The molecule has 0 spiro atoms. The van der Waals surface area contributed by atoms with Gasteiger partial charge >= 0.3 is 5.97 Å². The fraction of sp³-hybridized carbons (Fsp3) is 0.200. The van der Waals surface area contributed by atoms with E-state index in [9.17, 15) is 19.2 Å². The number of halogens is 2. The molecule has 0 radical (unpaired) electrons. The van der Waals surface area contributed by atoms with Crippen LogP contribution in [-0.2, 0) is 4.79 Å². The molecule has 3 aromatic carbocycles. The molecule has 2 amide bonds. The summed E-state index contributed by atoms with van der Waals surface area (Å²) in [4.78, 5) is 52.4. The Hall–Kier alpha value is -3.94. The van der Waals surface area contributed by atoms with Crippen molar-refractivity contribution in [3.05, 3.63) is 97.6 Å². The molecule has 2 heterocycles. The van der Waals surface area contributed by atoms with E-state index < -0.39 is 11.4 Å². The van der Waals surface area contributed by atoms with E-state index in [1.165, 1.54) is 11.0 Å². The van der Waals surface area contributed by atoms with Gasteiger partial charge in [-0.05, 0) is 73.9 Å². The predicted octanol–water partition coefficient (Wildman–Crippen LogP) is 6.84. The van der Waals surface area contributed by atoms with Crippen LogP contribution in [0.25, 0.3) is 22.3 Å². The highest BCUT2D eigenvalue weighted by Crippen LogP contribution is 2.33. The average molecular weight is 564 g/mol. The summed E-state index contributed by atoms with van der Waals surface area (Å²) in [6.07, 6.45) is 1.59. The molecule has 5 rings (SSSR count). The number of hydrogen-bond donors (Lipinski definition) is 0. The number of aryl methyl sites for hydroxylation is 1. The first-order valence-electron chi connectivity index (χ1n) is 12.4. The zero-order chi connectivity index (χ0) is 27.7. The Morgan fingerprint density at radius 3 is 2.23 bits per heavy atom. The Kier molecular flexibility index (Phi) is 7.55. The number of carbonyl (C=O) groups is 3. The lowest BCUT2D eigenvalue weighted by Crippen LogP contribution is -2.30. The lowest BCUT2D eigenvalue weighted by Gasteiger charge is -2.13. The Morgan fingerprint density at radius 1 is 0.897 bits per heavy atom. The van der Waals surface area contributed by atoms with Crippen LogP contribution in [0.2, 0.25) is 10.0 Å². The van der Waals surface area contributed by atoms with E-state index in [0.717, 1.165) is 5.56 Å². The predicted molar refractivity (Wildman–Crippen MR) is 149 cm³/mol. The van der Waals surface area contributed by atoms with Gasteiger partial charge in [0.25, 0.3) is 11.8 Å². The monoisotopic (exact) mass is 563 g/mol. The molecule has 0 N–H and O–H groups in total. The number of fused-ring (bicyclic) bond motifs is 2. The smallest absolute Gasteiger partial charge is 0.311 e. The SMILES string of the molecule is Cc1cc2oc(-c3ccc(Cl)cc3)c(OC(=O)CCCCCN3C(=O)c4ccccc4C3=O)c(=O)c2cc1Cl. The van der Waals surface area contributed by atoms with Crippen LogP contribution in [0.4, 0.5) is 0 Å². The molecule has 0 atom stereocenters. The molecule has 39 heavy (non-hydrogen) atoms. The van der Waals surface area contributed by atoms with E-state index in [1.807, 2.05) is 0 Å². The molecule has 198 valence electrons. The number of unbranched alkanes of at least 4 members (excludes halogenated alkanes) is 2. The normalized spacial score (nSPS) is 12.7. The Morgan fingerprint density at radius 2 is 1.56 bits per heavy atom. The maximum Gasteiger partial charge on any atom is 0.311 e. The molecule has 0 saturated carbocycles. The number of hydrogen-bond acceptors (Lipinski definition) is 6. The van der Waals surface area contributed by atoms with Crippen molar-refractivity contribution in [1.29, 1.82) is 0 Å². The fourth-order valence-electron chi connectivity index (χ4n) is 4.51. The summed E-state index contributed by atoms with van der Waals surface area (Å²) in [7, 11) is 0. The molecule has 9 heteroatoms. The summed E-state index contributed by atoms with van der Waals surface area (Å²) in [5, 5.41) is 1.10. The van der Waals surface area contributed by atoms with E-state index in [4.69, 9.17) is 32.4 Å².